The molecule has 2 aromatic rings. The van der Waals surface area contributed by atoms with E-state index in [9.17, 15) is 8.42 Å². The summed E-state index contributed by atoms with van der Waals surface area (Å²) in [6, 6.07) is 7.62. The normalized spacial score (nSPS) is 12.2. The fourth-order valence-corrected chi connectivity index (χ4v) is 4.74. The lowest BCUT2D eigenvalue weighted by Gasteiger charge is -2.03. The monoisotopic (exact) mass is 360 g/mol. The third kappa shape index (κ3) is 3.25. The van der Waals surface area contributed by atoms with Crippen LogP contribution < -0.4 is 4.80 Å². The Kier molecular flexibility index (Phi) is 4.93. The Labute approximate surface area is 145 Å². The largest absolute Gasteiger partial charge is 0.323 e. The van der Waals surface area contributed by atoms with Crippen LogP contribution in [0.1, 0.15) is 41.5 Å². The number of nitrogens with zero attached hydrogens (tertiary/aromatic N) is 4. The van der Waals surface area contributed by atoms with Crippen LogP contribution in [0.25, 0.3) is 0 Å². The van der Waals surface area contributed by atoms with Crippen molar-refractivity contribution in [3.05, 3.63) is 44.7 Å². The molecule has 0 amide bonds. The molecule has 0 unspecified atom stereocenters. The van der Waals surface area contributed by atoms with Crippen LogP contribution in [0.2, 0.25) is 0 Å². The Bertz CT molecular complexity index is 1050. The zero-order valence-electron chi connectivity index (χ0n) is 13.7. The Hall–Kier alpha value is -2.42. The summed E-state index contributed by atoms with van der Waals surface area (Å²) in [5.74, 6) is 0.254. The molecular formula is C16H16N4O2S2. The third-order valence-electron chi connectivity index (χ3n) is 3.58. The van der Waals surface area contributed by atoms with Gasteiger partial charge >= 0.3 is 0 Å². The van der Waals surface area contributed by atoms with Crippen molar-refractivity contribution in [2.75, 3.05) is 0 Å². The van der Waals surface area contributed by atoms with E-state index in [1.165, 1.54) is 29.5 Å². The average molecular weight is 360 g/mol. The standard InChI is InChI=1S/C16H16N4O2S2/c1-10(2)15-11(3)20(4)16(23-15)19-24(21,22)14-7-12(8-17)5-6-13(14)9-18/h5-7,10H,1-4H3/b19-16-. The Morgan fingerprint density at radius 2 is 1.92 bits per heavy atom. The van der Waals surface area contributed by atoms with Gasteiger partial charge in [-0.1, -0.05) is 13.8 Å². The van der Waals surface area contributed by atoms with E-state index in [0.29, 0.717) is 4.80 Å². The van der Waals surface area contributed by atoms with Crippen molar-refractivity contribution in [3.8, 4) is 12.1 Å². The smallest absolute Gasteiger partial charge is 0.286 e. The molecule has 0 fully saturated rings. The predicted molar refractivity (Wildman–Crippen MR) is 90.7 cm³/mol. The number of thiazole rings is 1. The molecule has 24 heavy (non-hydrogen) atoms. The second-order valence-electron chi connectivity index (χ2n) is 5.55. The van der Waals surface area contributed by atoms with Crippen LogP contribution in [-0.2, 0) is 17.1 Å². The SMILES string of the molecule is Cc1c(C(C)C)s/c(=N\S(=O)(=O)c2cc(C#N)ccc2C#N)n1C. The molecule has 0 saturated carbocycles. The number of hydrogen-bond acceptors (Lipinski definition) is 5. The summed E-state index contributed by atoms with van der Waals surface area (Å²) in [5, 5.41) is 18.1. The van der Waals surface area contributed by atoms with Crippen LogP contribution >= 0.6 is 11.3 Å². The molecule has 2 rings (SSSR count). The summed E-state index contributed by atoms with van der Waals surface area (Å²) in [5.41, 5.74) is 1.09. The fraction of sp³-hybridized carbons (Fsp3) is 0.312. The van der Waals surface area contributed by atoms with Gasteiger partial charge in [-0.25, -0.2) is 0 Å². The lowest BCUT2D eigenvalue weighted by Crippen LogP contribution is -2.15. The highest BCUT2D eigenvalue weighted by molar-refractivity contribution is 7.90. The first-order valence-corrected chi connectivity index (χ1v) is 9.38. The molecule has 0 saturated heterocycles. The van der Waals surface area contributed by atoms with E-state index in [1.54, 1.807) is 11.6 Å². The lowest BCUT2D eigenvalue weighted by atomic mass is 10.1. The van der Waals surface area contributed by atoms with Gasteiger partial charge in [0, 0.05) is 17.6 Å². The van der Waals surface area contributed by atoms with Gasteiger partial charge in [0.05, 0.1) is 17.2 Å². The molecular weight excluding hydrogens is 344 g/mol. The molecule has 1 heterocycles. The molecule has 0 spiro atoms. The number of aromatic nitrogens is 1. The van der Waals surface area contributed by atoms with Crippen molar-refractivity contribution in [3.63, 3.8) is 0 Å². The van der Waals surface area contributed by atoms with Crippen LogP contribution in [0.4, 0.5) is 0 Å². The third-order valence-corrected chi connectivity index (χ3v) is 6.54. The van der Waals surface area contributed by atoms with Crippen LogP contribution in [-0.4, -0.2) is 13.0 Å². The van der Waals surface area contributed by atoms with E-state index >= 15 is 0 Å². The minimum atomic E-state index is -4.10. The lowest BCUT2D eigenvalue weighted by molar-refractivity contribution is 0.595. The van der Waals surface area contributed by atoms with Crippen molar-refractivity contribution >= 4 is 21.4 Å². The maximum absolute atomic E-state index is 12.7. The molecule has 0 aliphatic carbocycles. The molecule has 8 heteroatoms. The zero-order valence-corrected chi connectivity index (χ0v) is 15.4. The fourth-order valence-electron chi connectivity index (χ4n) is 2.21. The molecule has 0 bridgehead atoms. The topological polar surface area (TPSA) is 99.0 Å². The minimum absolute atomic E-state index is 0.0298. The van der Waals surface area contributed by atoms with E-state index < -0.39 is 10.0 Å². The highest BCUT2D eigenvalue weighted by Crippen LogP contribution is 2.23. The van der Waals surface area contributed by atoms with Crippen molar-refractivity contribution in [1.29, 1.82) is 10.5 Å². The minimum Gasteiger partial charge on any atom is -0.323 e. The first-order chi connectivity index (χ1) is 11.2. The second-order valence-corrected chi connectivity index (χ2v) is 8.13. The van der Waals surface area contributed by atoms with Crippen molar-refractivity contribution in [1.82, 2.24) is 4.57 Å². The number of nitriles is 2. The Morgan fingerprint density at radius 1 is 1.25 bits per heavy atom. The van der Waals surface area contributed by atoms with E-state index in [-0.39, 0.29) is 21.9 Å². The summed E-state index contributed by atoms with van der Waals surface area (Å²) in [7, 11) is -2.35. The van der Waals surface area contributed by atoms with Gasteiger partial charge in [-0.15, -0.1) is 15.7 Å². The summed E-state index contributed by atoms with van der Waals surface area (Å²) in [6.45, 7) is 5.97. The highest BCUT2D eigenvalue weighted by Gasteiger charge is 2.20. The maximum atomic E-state index is 12.7. The van der Waals surface area contributed by atoms with Gasteiger partial charge in [-0.2, -0.15) is 18.9 Å². The van der Waals surface area contributed by atoms with Crippen molar-refractivity contribution in [2.24, 2.45) is 11.4 Å². The molecule has 0 N–H and O–H groups in total. The molecule has 0 aliphatic heterocycles. The number of benzene rings is 1. The van der Waals surface area contributed by atoms with E-state index in [4.69, 9.17) is 10.5 Å². The predicted octanol–water partition coefficient (Wildman–Crippen LogP) is 2.55. The number of hydrogen-bond donors (Lipinski definition) is 0. The van der Waals surface area contributed by atoms with Crippen LogP contribution in [0.15, 0.2) is 27.5 Å². The van der Waals surface area contributed by atoms with E-state index in [0.717, 1.165) is 10.6 Å². The van der Waals surface area contributed by atoms with Crippen molar-refractivity contribution < 1.29 is 8.42 Å². The quantitative estimate of drug-likeness (QED) is 0.839. The van der Waals surface area contributed by atoms with Gasteiger partial charge in [0.15, 0.2) is 0 Å². The number of sulfonamides is 1. The first-order valence-electron chi connectivity index (χ1n) is 7.12. The van der Waals surface area contributed by atoms with Crippen LogP contribution in [0, 0.1) is 29.6 Å². The first kappa shape index (κ1) is 17.9. The van der Waals surface area contributed by atoms with Crippen LogP contribution in [0.5, 0.6) is 0 Å². The molecule has 124 valence electrons. The van der Waals surface area contributed by atoms with Crippen LogP contribution in [0.3, 0.4) is 0 Å². The van der Waals surface area contributed by atoms with Gasteiger partial charge < -0.3 is 4.57 Å². The van der Waals surface area contributed by atoms with E-state index in [1.807, 2.05) is 32.9 Å². The van der Waals surface area contributed by atoms with Gasteiger partial charge in [0.2, 0.25) is 4.80 Å². The van der Waals surface area contributed by atoms with E-state index in [2.05, 4.69) is 4.40 Å². The summed E-state index contributed by atoms with van der Waals surface area (Å²) < 4.78 is 30.9. The molecule has 0 radical (unpaired) electrons. The summed E-state index contributed by atoms with van der Waals surface area (Å²) in [4.78, 5) is 1.14. The number of rotatable bonds is 3. The van der Waals surface area contributed by atoms with Gasteiger partial charge in [0.25, 0.3) is 10.0 Å². The molecule has 1 aromatic carbocycles. The maximum Gasteiger partial charge on any atom is 0.286 e. The van der Waals surface area contributed by atoms with Crippen molar-refractivity contribution in [2.45, 2.75) is 31.6 Å². The van der Waals surface area contributed by atoms with Gasteiger partial charge in [0.1, 0.15) is 11.0 Å². The average Bonchev–Trinajstić information content (AvgIpc) is 2.82. The van der Waals surface area contributed by atoms with Gasteiger partial charge in [-0.05, 0) is 31.0 Å². The molecule has 0 atom stereocenters. The summed E-state index contributed by atoms with van der Waals surface area (Å²) >= 11 is 1.31. The molecule has 6 nitrogen and oxygen atoms in total. The molecule has 1 aromatic heterocycles. The highest BCUT2D eigenvalue weighted by atomic mass is 32.2. The Morgan fingerprint density at radius 3 is 2.42 bits per heavy atom. The second kappa shape index (κ2) is 6.60. The Balaban J connectivity index is 2.73. The van der Waals surface area contributed by atoms with Gasteiger partial charge in [-0.3, -0.25) is 0 Å². The molecule has 0 aliphatic rings. The summed E-state index contributed by atoms with van der Waals surface area (Å²) in [6.07, 6.45) is 0. The zero-order chi connectivity index (χ0) is 18.1.